The molecule has 106 valence electrons. The summed E-state index contributed by atoms with van der Waals surface area (Å²) in [7, 11) is 1.70. The Morgan fingerprint density at radius 3 is 3.00 bits per heavy atom. The molecular formula is C15H20N4O. The van der Waals surface area contributed by atoms with E-state index in [4.69, 9.17) is 10.5 Å². The molecule has 0 saturated heterocycles. The lowest BCUT2D eigenvalue weighted by Crippen LogP contribution is -2.26. The zero-order valence-corrected chi connectivity index (χ0v) is 11.7. The number of nitrogens with zero attached hydrogens (tertiary/aromatic N) is 3. The molecule has 1 unspecified atom stereocenters. The van der Waals surface area contributed by atoms with Gasteiger partial charge in [-0.15, -0.1) is 10.2 Å². The van der Waals surface area contributed by atoms with Gasteiger partial charge in [0.15, 0.2) is 0 Å². The molecular weight excluding hydrogens is 252 g/mol. The summed E-state index contributed by atoms with van der Waals surface area (Å²) in [5, 5.41) is 8.68. The number of benzene rings is 1. The number of rotatable bonds is 4. The molecule has 1 aromatic carbocycles. The molecule has 2 N–H and O–H groups in total. The SMILES string of the molecule is COc1ccccc1Cc1nnc2n1CCC(CN)C2. The smallest absolute Gasteiger partial charge is 0.137 e. The van der Waals surface area contributed by atoms with Gasteiger partial charge in [-0.05, 0) is 24.9 Å². The van der Waals surface area contributed by atoms with E-state index in [-0.39, 0.29) is 0 Å². The molecule has 1 atom stereocenters. The Morgan fingerprint density at radius 2 is 2.20 bits per heavy atom. The monoisotopic (exact) mass is 272 g/mol. The van der Waals surface area contributed by atoms with E-state index in [2.05, 4.69) is 20.8 Å². The third-order valence-corrected chi connectivity index (χ3v) is 4.01. The first-order valence-electron chi connectivity index (χ1n) is 7.04. The summed E-state index contributed by atoms with van der Waals surface area (Å²) in [6, 6.07) is 8.06. The Hall–Kier alpha value is -1.88. The predicted molar refractivity (Wildman–Crippen MR) is 76.7 cm³/mol. The van der Waals surface area contributed by atoms with Gasteiger partial charge in [0.05, 0.1) is 7.11 Å². The number of methoxy groups -OCH3 is 1. The lowest BCUT2D eigenvalue weighted by molar-refractivity contribution is 0.384. The molecule has 0 bridgehead atoms. The summed E-state index contributed by atoms with van der Waals surface area (Å²) < 4.78 is 7.63. The van der Waals surface area contributed by atoms with Crippen LogP contribution >= 0.6 is 0 Å². The molecule has 3 rings (SSSR count). The molecule has 0 fully saturated rings. The number of nitrogens with two attached hydrogens (primary N) is 1. The van der Waals surface area contributed by atoms with Crippen LogP contribution in [-0.2, 0) is 19.4 Å². The summed E-state index contributed by atoms with van der Waals surface area (Å²) in [6.07, 6.45) is 2.81. The van der Waals surface area contributed by atoms with E-state index in [1.165, 1.54) is 0 Å². The van der Waals surface area contributed by atoms with Crippen molar-refractivity contribution >= 4 is 0 Å². The van der Waals surface area contributed by atoms with Gasteiger partial charge in [-0.1, -0.05) is 18.2 Å². The van der Waals surface area contributed by atoms with Crippen LogP contribution in [0.2, 0.25) is 0 Å². The van der Waals surface area contributed by atoms with Gasteiger partial charge in [-0.2, -0.15) is 0 Å². The highest BCUT2D eigenvalue weighted by Gasteiger charge is 2.22. The van der Waals surface area contributed by atoms with Crippen LogP contribution in [0.15, 0.2) is 24.3 Å². The highest BCUT2D eigenvalue weighted by molar-refractivity contribution is 5.35. The summed E-state index contributed by atoms with van der Waals surface area (Å²) in [6.45, 7) is 1.70. The quantitative estimate of drug-likeness (QED) is 0.913. The van der Waals surface area contributed by atoms with E-state index in [0.717, 1.165) is 55.3 Å². The summed E-state index contributed by atoms with van der Waals surface area (Å²) in [5.41, 5.74) is 6.90. The van der Waals surface area contributed by atoms with Crippen molar-refractivity contribution in [1.29, 1.82) is 0 Å². The van der Waals surface area contributed by atoms with Crippen molar-refractivity contribution in [3.63, 3.8) is 0 Å². The molecule has 0 saturated carbocycles. The van der Waals surface area contributed by atoms with Gasteiger partial charge in [0.2, 0.25) is 0 Å². The average molecular weight is 272 g/mol. The number of fused-ring (bicyclic) bond motifs is 1. The van der Waals surface area contributed by atoms with Gasteiger partial charge in [-0.25, -0.2) is 0 Å². The predicted octanol–water partition coefficient (Wildman–Crippen LogP) is 1.40. The van der Waals surface area contributed by atoms with Crippen LogP contribution in [0.5, 0.6) is 5.75 Å². The number of hydrogen-bond donors (Lipinski definition) is 1. The molecule has 1 aliphatic rings. The molecule has 5 heteroatoms. The second-order valence-corrected chi connectivity index (χ2v) is 5.27. The lowest BCUT2D eigenvalue weighted by atomic mass is 9.98. The Bertz CT molecular complexity index is 593. The van der Waals surface area contributed by atoms with Crippen molar-refractivity contribution in [1.82, 2.24) is 14.8 Å². The summed E-state index contributed by atoms with van der Waals surface area (Å²) in [5.74, 6) is 3.53. The van der Waals surface area contributed by atoms with Crippen LogP contribution in [0.25, 0.3) is 0 Å². The van der Waals surface area contributed by atoms with Crippen molar-refractivity contribution in [2.24, 2.45) is 11.7 Å². The van der Waals surface area contributed by atoms with Crippen molar-refractivity contribution in [3.8, 4) is 5.75 Å². The number of aromatic nitrogens is 3. The molecule has 1 aliphatic heterocycles. The minimum absolute atomic E-state index is 0.547. The zero-order valence-electron chi connectivity index (χ0n) is 11.7. The fourth-order valence-corrected chi connectivity index (χ4v) is 2.80. The Balaban J connectivity index is 1.84. The summed E-state index contributed by atoms with van der Waals surface area (Å²) in [4.78, 5) is 0. The van der Waals surface area contributed by atoms with Crippen LogP contribution in [0.4, 0.5) is 0 Å². The Labute approximate surface area is 118 Å². The van der Waals surface area contributed by atoms with Crippen LogP contribution in [0, 0.1) is 5.92 Å². The fraction of sp³-hybridized carbons (Fsp3) is 0.467. The topological polar surface area (TPSA) is 66.0 Å². The number of hydrogen-bond acceptors (Lipinski definition) is 4. The first-order valence-corrected chi connectivity index (χ1v) is 7.04. The largest absolute Gasteiger partial charge is 0.496 e. The van der Waals surface area contributed by atoms with E-state index in [9.17, 15) is 0 Å². The fourth-order valence-electron chi connectivity index (χ4n) is 2.80. The molecule has 1 aromatic heterocycles. The van der Waals surface area contributed by atoms with Crippen LogP contribution in [0.1, 0.15) is 23.6 Å². The first kappa shape index (κ1) is 13.1. The normalized spacial score (nSPS) is 17.8. The van der Waals surface area contributed by atoms with E-state index >= 15 is 0 Å². The van der Waals surface area contributed by atoms with Gasteiger partial charge in [-0.3, -0.25) is 0 Å². The molecule has 0 amide bonds. The second kappa shape index (κ2) is 5.63. The van der Waals surface area contributed by atoms with Crippen molar-refractivity contribution in [3.05, 3.63) is 41.5 Å². The Kier molecular flexibility index (Phi) is 3.69. The van der Waals surface area contributed by atoms with Crippen LogP contribution in [0.3, 0.4) is 0 Å². The number of ether oxygens (including phenoxy) is 1. The molecule has 0 radical (unpaired) electrons. The highest BCUT2D eigenvalue weighted by atomic mass is 16.5. The van der Waals surface area contributed by atoms with Crippen molar-refractivity contribution in [2.45, 2.75) is 25.8 Å². The van der Waals surface area contributed by atoms with Gasteiger partial charge in [0.25, 0.3) is 0 Å². The summed E-state index contributed by atoms with van der Waals surface area (Å²) >= 11 is 0. The maximum Gasteiger partial charge on any atom is 0.137 e. The number of para-hydroxylation sites is 1. The average Bonchev–Trinajstić information content (AvgIpc) is 2.90. The third-order valence-electron chi connectivity index (χ3n) is 4.01. The van der Waals surface area contributed by atoms with Gasteiger partial charge in [0.1, 0.15) is 17.4 Å². The molecule has 2 aromatic rings. The standard InChI is InChI=1S/C15H20N4O/c1-20-13-5-3-2-4-12(13)9-15-18-17-14-8-11(10-16)6-7-19(14)15/h2-5,11H,6-10,16H2,1H3. The minimum Gasteiger partial charge on any atom is -0.496 e. The van der Waals surface area contributed by atoms with E-state index < -0.39 is 0 Å². The third kappa shape index (κ3) is 2.41. The molecule has 0 spiro atoms. The van der Waals surface area contributed by atoms with Crippen molar-refractivity contribution < 1.29 is 4.74 Å². The molecule has 5 nitrogen and oxygen atoms in total. The molecule has 20 heavy (non-hydrogen) atoms. The lowest BCUT2D eigenvalue weighted by Gasteiger charge is -2.22. The first-order chi connectivity index (χ1) is 9.81. The highest BCUT2D eigenvalue weighted by Crippen LogP contribution is 2.24. The van der Waals surface area contributed by atoms with E-state index in [0.29, 0.717) is 5.92 Å². The molecule has 2 heterocycles. The van der Waals surface area contributed by atoms with E-state index in [1.54, 1.807) is 7.11 Å². The maximum absolute atomic E-state index is 5.75. The molecule has 0 aliphatic carbocycles. The van der Waals surface area contributed by atoms with Crippen LogP contribution in [-0.4, -0.2) is 28.4 Å². The van der Waals surface area contributed by atoms with E-state index in [1.807, 2.05) is 18.2 Å². The Morgan fingerprint density at radius 1 is 1.35 bits per heavy atom. The van der Waals surface area contributed by atoms with Gasteiger partial charge in [0, 0.05) is 24.9 Å². The van der Waals surface area contributed by atoms with Crippen molar-refractivity contribution in [2.75, 3.05) is 13.7 Å². The van der Waals surface area contributed by atoms with Crippen LogP contribution < -0.4 is 10.5 Å². The zero-order chi connectivity index (χ0) is 13.9. The van der Waals surface area contributed by atoms with Gasteiger partial charge >= 0.3 is 0 Å². The van der Waals surface area contributed by atoms with Gasteiger partial charge < -0.3 is 15.0 Å². The maximum atomic E-state index is 5.75. The second-order valence-electron chi connectivity index (χ2n) is 5.27. The minimum atomic E-state index is 0.547.